The van der Waals surface area contributed by atoms with E-state index in [9.17, 15) is 0 Å². The van der Waals surface area contributed by atoms with Crippen LogP contribution < -0.4 is 10.1 Å². The summed E-state index contributed by atoms with van der Waals surface area (Å²) in [4.78, 5) is 0. The molecule has 76 valence electrons. The first-order chi connectivity index (χ1) is 6.85. The van der Waals surface area contributed by atoms with E-state index < -0.39 is 0 Å². The molecule has 1 aromatic rings. The van der Waals surface area contributed by atoms with Crippen molar-refractivity contribution in [2.75, 3.05) is 18.5 Å². The number of hydrogen-bond acceptors (Lipinski definition) is 2. The van der Waals surface area contributed by atoms with Crippen molar-refractivity contribution >= 4 is 5.69 Å². The molecule has 0 radical (unpaired) electrons. The molecule has 0 bridgehead atoms. The van der Waals surface area contributed by atoms with Crippen LogP contribution in [0.3, 0.4) is 0 Å². The van der Waals surface area contributed by atoms with Crippen LogP contribution in [0.25, 0.3) is 0 Å². The molecule has 0 unspecified atom stereocenters. The third-order valence-corrected chi connectivity index (χ3v) is 2.68. The van der Waals surface area contributed by atoms with E-state index in [1.54, 1.807) is 0 Å². The number of rotatable bonds is 2. The second kappa shape index (κ2) is 3.91. The van der Waals surface area contributed by atoms with Crippen molar-refractivity contribution in [3.8, 4) is 5.75 Å². The molecule has 2 nitrogen and oxygen atoms in total. The number of benzene rings is 1. The van der Waals surface area contributed by atoms with Gasteiger partial charge < -0.3 is 10.1 Å². The molecule has 0 aliphatic carbocycles. The van der Waals surface area contributed by atoms with Gasteiger partial charge in [0.25, 0.3) is 0 Å². The molecule has 1 heterocycles. The lowest BCUT2D eigenvalue weighted by Crippen LogP contribution is -2.19. The van der Waals surface area contributed by atoms with Gasteiger partial charge in [0.05, 0.1) is 5.69 Å². The molecule has 14 heavy (non-hydrogen) atoms. The zero-order valence-electron chi connectivity index (χ0n) is 8.89. The Hall–Kier alpha value is -1.18. The van der Waals surface area contributed by atoms with Gasteiger partial charge in [-0.05, 0) is 30.0 Å². The Kier molecular flexibility index (Phi) is 2.62. The summed E-state index contributed by atoms with van der Waals surface area (Å²) in [6.45, 7) is 6.06. The van der Waals surface area contributed by atoms with Gasteiger partial charge in [-0.15, -0.1) is 0 Å². The van der Waals surface area contributed by atoms with Crippen LogP contribution >= 0.6 is 0 Å². The highest BCUT2D eigenvalue weighted by molar-refractivity contribution is 5.63. The molecule has 0 amide bonds. The molecule has 1 aliphatic rings. The summed E-state index contributed by atoms with van der Waals surface area (Å²) in [5, 5.41) is 3.39. The Morgan fingerprint density at radius 2 is 2.14 bits per heavy atom. The fraction of sp³-hybridized carbons (Fsp3) is 0.500. The Bertz CT molecular complexity index is 316. The Balaban J connectivity index is 2.47. The lowest BCUT2D eigenvalue weighted by atomic mass is 10.0. The normalized spacial score (nSPS) is 14.1. The van der Waals surface area contributed by atoms with Gasteiger partial charge in [-0.1, -0.05) is 19.9 Å². The highest BCUT2D eigenvalue weighted by Gasteiger charge is 2.14. The molecule has 1 N–H and O–H groups in total. The van der Waals surface area contributed by atoms with E-state index in [0.717, 1.165) is 31.7 Å². The molecule has 1 aliphatic heterocycles. The van der Waals surface area contributed by atoms with Crippen molar-refractivity contribution in [2.24, 2.45) is 0 Å². The molecular weight excluding hydrogens is 174 g/mol. The van der Waals surface area contributed by atoms with E-state index in [2.05, 4.69) is 31.3 Å². The van der Waals surface area contributed by atoms with Crippen molar-refractivity contribution < 1.29 is 4.74 Å². The Morgan fingerprint density at radius 3 is 2.86 bits per heavy atom. The van der Waals surface area contributed by atoms with Gasteiger partial charge >= 0.3 is 0 Å². The Morgan fingerprint density at radius 1 is 1.29 bits per heavy atom. The molecule has 0 fully saturated rings. The largest absolute Gasteiger partial charge is 0.489 e. The molecule has 2 heteroatoms. The molecular formula is C12H17NO. The van der Waals surface area contributed by atoms with Crippen LogP contribution in [-0.4, -0.2) is 13.2 Å². The third kappa shape index (κ3) is 1.57. The Labute approximate surface area is 85.3 Å². The number of ether oxygens (including phenoxy) is 1. The zero-order valence-corrected chi connectivity index (χ0v) is 8.89. The first kappa shape index (κ1) is 9.38. The summed E-state index contributed by atoms with van der Waals surface area (Å²) in [5.41, 5.74) is 3.89. The molecule has 0 saturated heterocycles. The molecule has 2 rings (SSSR count). The number of fused-ring (bicyclic) bond motifs is 1. The molecule has 0 aromatic heterocycles. The fourth-order valence-corrected chi connectivity index (χ4v) is 1.86. The first-order valence-corrected chi connectivity index (χ1v) is 5.37. The standard InChI is InChI=1S/C12H17NO/c1-3-9-7-10(4-2)12-11(8-9)13-5-6-14-12/h7-8,13H,3-6H2,1-2H3. The third-order valence-electron chi connectivity index (χ3n) is 2.68. The summed E-state index contributed by atoms with van der Waals surface area (Å²) >= 11 is 0. The molecule has 0 spiro atoms. The smallest absolute Gasteiger partial charge is 0.145 e. The summed E-state index contributed by atoms with van der Waals surface area (Å²) in [6.07, 6.45) is 2.12. The minimum absolute atomic E-state index is 0.783. The minimum atomic E-state index is 0.783. The van der Waals surface area contributed by atoms with Crippen LogP contribution in [0.15, 0.2) is 12.1 Å². The van der Waals surface area contributed by atoms with E-state index >= 15 is 0 Å². The van der Waals surface area contributed by atoms with Crippen LogP contribution in [0.5, 0.6) is 5.75 Å². The minimum Gasteiger partial charge on any atom is -0.489 e. The summed E-state index contributed by atoms with van der Waals surface area (Å²) in [6, 6.07) is 4.46. The second-order valence-corrected chi connectivity index (χ2v) is 3.61. The van der Waals surface area contributed by atoms with Crippen LogP contribution in [-0.2, 0) is 12.8 Å². The van der Waals surface area contributed by atoms with Gasteiger partial charge in [-0.25, -0.2) is 0 Å². The number of nitrogens with one attached hydrogen (secondary N) is 1. The number of anilines is 1. The molecule has 0 atom stereocenters. The van der Waals surface area contributed by atoms with Crippen molar-refractivity contribution in [2.45, 2.75) is 26.7 Å². The van der Waals surface area contributed by atoms with Crippen LogP contribution in [0.1, 0.15) is 25.0 Å². The van der Waals surface area contributed by atoms with E-state index in [-0.39, 0.29) is 0 Å². The maximum Gasteiger partial charge on any atom is 0.145 e. The van der Waals surface area contributed by atoms with Gasteiger partial charge in [0.2, 0.25) is 0 Å². The van der Waals surface area contributed by atoms with Gasteiger partial charge in [-0.3, -0.25) is 0 Å². The van der Waals surface area contributed by atoms with Crippen molar-refractivity contribution in [1.29, 1.82) is 0 Å². The lowest BCUT2D eigenvalue weighted by molar-refractivity contribution is 0.320. The van der Waals surface area contributed by atoms with Gasteiger partial charge in [0.1, 0.15) is 12.4 Å². The van der Waals surface area contributed by atoms with Crippen molar-refractivity contribution in [3.05, 3.63) is 23.3 Å². The highest BCUT2D eigenvalue weighted by atomic mass is 16.5. The van der Waals surface area contributed by atoms with E-state index in [1.807, 2.05) is 0 Å². The number of hydrogen-bond donors (Lipinski definition) is 1. The average Bonchev–Trinajstić information content (AvgIpc) is 2.27. The monoisotopic (exact) mass is 191 g/mol. The zero-order chi connectivity index (χ0) is 9.97. The van der Waals surface area contributed by atoms with E-state index in [4.69, 9.17) is 4.74 Å². The molecule has 1 aromatic carbocycles. The molecule has 0 saturated carbocycles. The predicted octanol–water partition coefficient (Wildman–Crippen LogP) is 2.62. The predicted molar refractivity (Wildman–Crippen MR) is 59.2 cm³/mol. The van der Waals surface area contributed by atoms with Gasteiger partial charge in [0, 0.05) is 6.54 Å². The second-order valence-electron chi connectivity index (χ2n) is 3.61. The highest BCUT2D eigenvalue weighted by Crippen LogP contribution is 2.33. The van der Waals surface area contributed by atoms with E-state index in [1.165, 1.54) is 16.8 Å². The quantitative estimate of drug-likeness (QED) is 0.776. The summed E-state index contributed by atoms with van der Waals surface area (Å²) in [5.74, 6) is 1.07. The van der Waals surface area contributed by atoms with Crippen LogP contribution in [0.4, 0.5) is 5.69 Å². The van der Waals surface area contributed by atoms with Gasteiger partial charge in [0.15, 0.2) is 0 Å². The van der Waals surface area contributed by atoms with E-state index in [0.29, 0.717) is 0 Å². The topological polar surface area (TPSA) is 21.3 Å². The van der Waals surface area contributed by atoms with Crippen molar-refractivity contribution in [3.63, 3.8) is 0 Å². The van der Waals surface area contributed by atoms with Gasteiger partial charge in [-0.2, -0.15) is 0 Å². The maximum absolute atomic E-state index is 5.68. The lowest BCUT2D eigenvalue weighted by Gasteiger charge is -2.22. The first-order valence-electron chi connectivity index (χ1n) is 5.37. The fourth-order valence-electron chi connectivity index (χ4n) is 1.86. The van der Waals surface area contributed by atoms with Crippen molar-refractivity contribution in [1.82, 2.24) is 0 Å². The number of aryl methyl sites for hydroxylation is 2. The maximum atomic E-state index is 5.68. The average molecular weight is 191 g/mol. The van der Waals surface area contributed by atoms with Crippen LogP contribution in [0, 0.1) is 0 Å². The summed E-state index contributed by atoms with van der Waals surface area (Å²) < 4.78 is 5.68. The van der Waals surface area contributed by atoms with Crippen LogP contribution in [0.2, 0.25) is 0 Å². The SMILES string of the molecule is CCc1cc(CC)c2c(c1)NCCO2. The summed E-state index contributed by atoms with van der Waals surface area (Å²) in [7, 11) is 0.